The molecule has 1 atom stereocenters. The number of aromatic nitrogens is 1. The Bertz CT molecular complexity index is 581. The number of pyridine rings is 1. The van der Waals surface area contributed by atoms with Crippen LogP contribution in [0.15, 0.2) is 30.5 Å². The SMILES string of the molecule is Cc1ccc(CC(Cl)c2c(F)ccc(C)c2F)nc1. The van der Waals surface area contributed by atoms with Crippen LogP contribution in [-0.2, 0) is 6.42 Å². The van der Waals surface area contributed by atoms with Crippen molar-refractivity contribution in [3.63, 3.8) is 0 Å². The number of hydrogen-bond acceptors (Lipinski definition) is 1. The summed E-state index contributed by atoms with van der Waals surface area (Å²) < 4.78 is 27.6. The Morgan fingerprint density at radius 3 is 2.53 bits per heavy atom. The first-order chi connectivity index (χ1) is 8.99. The number of halogens is 3. The molecule has 1 nitrogen and oxygen atoms in total. The van der Waals surface area contributed by atoms with Crippen LogP contribution in [0, 0.1) is 25.5 Å². The molecule has 0 aliphatic heterocycles. The molecular formula is C15H14ClF2N. The fourth-order valence-electron chi connectivity index (χ4n) is 1.87. The highest BCUT2D eigenvalue weighted by molar-refractivity contribution is 6.21. The van der Waals surface area contributed by atoms with Gasteiger partial charge in [0.2, 0.25) is 0 Å². The van der Waals surface area contributed by atoms with E-state index in [9.17, 15) is 8.78 Å². The topological polar surface area (TPSA) is 12.9 Å². The molecule has 19 heavy (non-hydrogen) atoms. The Morgan fingerprint density at radius 1 is 1.16 bits per heavy atom. The van der Waals surface area contributed by atoms with Crippen molar-refractivity contribution in [3.05, 3.63) is 64.5 Å². The summed E-state index contributed by atoms with van der Waals surface area (Å²) in [5.74, 6) is -1.19. The summed E-state index contributed by atoms with van der Waals surface area (Å²) in [6.07, 6.45) is 2.00. The van der Waals surface area contributed by atoms with Gasteiger partial charge in [0, 0.05) is 23.9 Å². The van der Waals surface area contributed by atoms with Crippen LogP contribution in [0.5, 0.6) is 0 Å². The molecule has 0 saturated heterocycles. The maximum Gasteiger partial charge on any atom is 0.133 e. The smallest absolute Gasteiger partial charge is 0.133 e. The van der Waals surface area contributed by atoms with Gasteiger partial charge < -0.3 is 0 Å². The first-order valence-electron chi connectivity index (χ1n) is 5.99. The number of alkyl halides is 1. The third kappa shape index (κ3) is 3.10. The van der Waals surface area contributed by atoms with Gasteiger partial charge in [-0.1, -0.05) is 12.1 Å². The molecule has 4 heteroatoms. The quantitative estimate of drug-likeness (QED) is 0.755. The molecule has 0 spiro atoms. The minimum absolute atomic E-state index is 0.0796. The number of rotatable bonds is 3. The Balaban J connectivity index is 2.27. The Kier molecular flexibility index (Phi) is 4.15. The molecule has 2 rings (SSSR count). The number of aryl methyl sites for hydroxylation is 2. The number of nitrogens with zero attached hydrogens (tertiary/aromatic N) is 1. The van der Waals surface area contributed by atoms with Gasteiger partial charge in [0.25, 0.3) is 0 Å². The molecule has 1 aromatic carbocycles. The second-order valence-corrected chi connectivity index (χ2v) is 5.12. The lowest BCUT2D eigenvalue weighted by atomic mass is 10.0. The van der Waals surface area contributed by atoms with E-state index in [0.29, 0.717) is 17.7 Å². The molecule has 0 amide bonds. The molecule has 0 radical (unpaired) electrons. The molecule has 0 aliphatic rings. The van der Waals surface area contributed by atoms with Crippen molar-refractivity contribution < 1.29 is 8.78 Å². The van der Waals surface area contributed by atoms with E-state index < -0.39 is 17.0 Å². The maximum atomic E-state index is 13.9. The van der Waals surface area contributed by atoms with E-state index in [1.807, 2.05) is 19.1 Å². The zero-order valence-corrected chi connectivity index (χ0v) is 11.5. The summed E-state index contributed by atoms with van der Waals surface area (Å²) in [7, 11) is 0. The van der Waals surface area contributed by atoms with Crippen LogP contribution in [0.2, 0.25) is 0 Å². The fraction of sp³-hybridized carbons (Fsp3) is 0.267. The predicted octanol–water partition coefficient (Wildman–Crippen LogP) is 4.50. The van der Waals surface area contributed by atoms with Gasteiger partial charge >= 0.3 is 0 Å². The summed E-state index contributed by atoms with van der Waals surface area (Å²) in [6, 6.07) is 6.36. The second kappa shape index (κ2) is 5.66. The molecule has 2 aromatic rings. The molecule has 0 saturated carbocycles. The zero-order chi connectivity index (χ0) is 14.0. The first-order valence-corrected chi connectivity index (χ1v) is 6.42. The van der Waals surface area contributed by atoms with Crippen molar-refractivity contribution in [1.82, 2.24) is 4.98 Å². The third-order valence-electron chi connectivity index (χ3n) is 2.99. The van der Waals surface area contributed by atoms with Crippen molar-refractivity contribution >= 4 is 11.6 Å². The van der Waals surface area contributed by atoms with Crippen LogP contribution in [0.25, 0.3) is 0 Å². The Hall–Kier alpha value is -1.48. The highest BCUT2D eigenvalue weighted by Crippen LogP contribution is 2.30. The minimum atomic E-state index is -0.768. The van der Waals surface area contributed by atoms with E-state index in [4.69, 9.17) is 11.6 Å². The van der Waals surface area contributed by atoms with Gasteiger partial charge in [-0.2, -0.15) is 0 Å². The average molecular weight is 282 g/mol. The monoisotopic (exact) mass is 281 g/mol. The second-order valence-electron chi connectivity index (χ2n) is 4.59. The lowest BCUT2D eigenvalue weighted by molar-refractivity contribution is 0.545. The van der Waals surface area contributed by atoms with Gasteiger partial charge in [-0.05, 0) is 37.1 Å². The maximum absolute atomic E-state index is 13.9. The minimum Gasteiger partial charge on any atom is -0.261 e. The third-order valence-corrected chi connectivity index (χ3v) is 3.37. The standard InChI is InChI=1S/C15H14ClF2N/c1-9-3-5-11(19-8-9)7-12(16)14-13(17)6-4-10(2)15(14)18/h3-6,8,12H,7H2,1-2H3. The molecule has 1 unspecified atom stereocenters. The summed E-state index contributed by atoms with van der Waals surface area (Å²) in [4.78, 5) is 4.20. The van der Waals surface area contributed by atoms with Crippen molar-refractivity contribution in [2.45, 2.75) is 25.6 Å². The van der Waals surface area contributed by atoms with Gasteiger partial charge in [-0.25, -0.2) is 8.78 Å². The number of benzene rings is 1. The van der Waals surface area contributed by atoms with Crippen molar-refractivity contribution in [3.8, 4) is 0 Å². The molecule has 0 aliphatic carbocycles. The predicted molar refractivity (Wildman–Crippen MR) is 72.4 cm³/mol. The molecule has 100 valence electrons. The van der Waals surface area contributed by atoms with Crippen LogP contribution in [-0.4, -0.2) is 4.98 Å². The molecule has 0 bridgehead atoms. The van der Waals surface area contributed by atoms with E-state index in [1.165, 1.54) is 12.1 Å². The van der Waals surface area contributed by atoms with Crippen molar-refractivity contribution in [2.24, 2.45) is 0 Å². The Labute approximate surface area is 116 Å². The molecular weight excluding hydrogens is 268 g/mol. The van der Waals surface area contributed by atoms with Crippen LogP contribution in [0.4, 0.5) is 8.78 Å². The molecule has 0 fully saturated rings. The highest BCUT2D eigenvalue weighted by atomic mass is 35.5. The largest absolute Gasteiger partial charge is 0.261 e. The van der Waals surface area contributed by atoms with E-state index in [1.54, 1.807) is 13.1 Å². The van der Waals surface area contributed by atoms with Crippen LogP contribution in [0.1, 0.15) is 27.8 Å². The van der Waals surface area contributed by atoms with E-state index in [2.05, 4.69) is 4.98 Å². The molecule has 1 heterocycles. The van der Waals surface area contributed by atoms with Gasteiger partial charge in [-0.15, -0.1) is 11.6 Å². The van der Waals surface area contributed by atoms with Gasteiger partial charge in [0.05, 0.1) is 5.38 Å². The zero-order valence-electron chi connectivity index (χ0n) is 10.8. The van der Waals surface area contributed by atoms with Gasteiger partial charge in [0.15, 0.2) is 0 Å². The van der Waals surface area contributed by atoms with Crippen LogP contribution < -0.4 is 0 Å². The molecule has 1 aromatic heterocycles. The summed E-state index contributed by atoms with van der Waals surface area (Å²) >= 11 is 6.14. The first kappa shape index (κ1) is 13.9. The lowest BCUT2D eigenvalue weighted by Crippen LogP contribution is -2.05. The summed E-state index contributed by atoms with van der Waals surface area (Å²) in [5.41, 5.74) is 2.05. The van der Waals surface area contributed by atoms with Gasteiger partial charge in [0.1, 0.15) is 11.6 Å². The molecule has 0 N–H and O–H groups in total. The normalized spacial score (nSPS) is 12.5. The summed E-state index contributed by atoms with van der Waals surface area (Å²) in [5, 5.41) is -0.768. The van der Waals surface area contributed by atoms with Crippen LogP contribution in [0.3, 0.4) is 0 Å². The van der Waals surface area contributed by atoms with E-state index >= 15 is 0 Å². The van der Waals surface area contributed by atoms with E-state index in [-0.39, 0.29) is 5.56 Å². The van der Waals surface area contributed by atoms with Crippen molar-refractivity contribution in [1.29, 1.82) is 0 Å². The van der Waals surface area contributed by atoms with E-state index in [0.717, 1.165) is 5.56 Å². The lowest BCUT2D eigenvalue weighted by Gasteiger charge is -2.13. The fourth-order valence-corrected chi connectivity index (χ4v) is 2.23. The summed E-state index contributed by atoms with van der Waals surface area (Å²) in [6.45, 7) is 3.51. The van der Waals surface area contributed by atoms with Crippen molar-refractivity contribution in [2.75, 3.05) is 0 Å². The Morgan fingerprint density at radius 2 is 1.89 bits per heavy atom. The van der Waals surface area contributed by atoms with Gasteiger partial charge in [-0.3, -0.25) is 4.98 Å². The average Bonchev–Trinajstić information content (AvgIpc) is 2.37. The number of hydrogen-bond donors (Lipinski definition) is 0. The van der Waals surface area contributed by atoms with Crippen LogP contribution >= 0.6 is 11.6 Å². The highest BCUT2D eigenvalue weighted by Gasteiger charge is 2.20.